The van der Waals surface area contributed by atoms with Crippen molar-refractivity contribution in [2.45, 2.75) is 64.5 Å². The number of halogens is 1. The van der Waals surface area contributed by atoms with Crippen molar-refractivity contribution in [3.63, 3.8) is 0 Å². The van der Waals surface area contributed by atoms with Crippen LogP contribution in [0.3, 0.4) is 0 Å². The number of benzene rings is 1. The number of carbonyl (C=O) groups excluding carboxylic acids is 2. The van der Waals surface area contributed by atoms with Gasteiger partial charge in [0.2, 0.25) is 0 Å². The second kappa shape index (κ2) is 8.30. The summed E-state index contributed by atoms with van der Waals surface area (Å²) in [5.41, 5.74) is 1.10. The van der Waals surface area contributed by atoms with Gasteiger partial charge >= 0.3 is 6.03 Å². The number of hydrogen-bond donors (Lipinski definition) is 2. The lowest BCUT2D eigenvalue weighted by Crippen LogP contribution is -2.49. The van der Waals surface area contributed by atoms with E-state index in [0.29, 0.717) is 28.2 Å². The Morgan fingerprint density at radius 3 is 2.62 bits per heavy atom. The molecule has 5 nitrogen and oxygen atoms in total. The van der Waals surface area contributed by atoms with E-state index in [1.807, 2.05) is 18.7 Å². The van der Waals surface area contributed by atoms with Crippen molar-refractivity contribution < 1.29 is 9.59 Å². The van der Waals surface area contributed by atoms with E-state index in [1.165, 1.54) is 25.7 Å². The Balaban J connectivity index is 1.72. The molecule has 1 saturated carbocycles. The predicted molar refractivity (Wildman–Crippen MR) is 105 cm³/mol. The molecule has 2 N–H and O–H groups in total. The molecule has 1 heterocycles. The Bertz CT molecular complexity index is 675. The van der Waals surface area contributed by atoms with Gasteiger partial charge in [0.25, 0.3) is 5.91 Å². The van der Waals surface area contributed by atoms with Gasteiger partial charge in [0.15, 0.2) is 0 Å². The first-order valence-corrected chi connectivity index (χ1v) is 10.0. The standard InChI is InChI=1S/C20H28ClN3O2/c1-13(2)22-20(26)23-15-9-10-16(17(21)12-15)19(25)24-11-5-7-14-6-3-4-8-18(14)24/h9-10,12-14,18H,3-8,11H2,1-2H3,(H2,22,23,26)/t14-,18-/m1/s1. The van der Waals surface area contributed by atoms with Gasteiger partial charge in [-0.2, -0.15) is 0 Å². The fraction of sp³-hybridized carbons (Fsp3) is 0.600. The molecule has 6 heteroatoms. The molecule has 3 rings (SSSR count). The zero-order valence-corrected chi connectivity index (χ0v) is 16.3. The number of urea groups is 1. The van der Waals surface area contributed by atoms with Gasteiger partial charge < -0.3 is 15.5 Å². The molecule has 1 saturated heterocycles. The average molecular weight is 378 g/mol. The molecule has 26 heavy (non-hydrogen) atoms. The third-order valence-electron chi connectivity index (χ3n) is 5.38. The lowest BCUT2D eigenvalue weighted by atomic mass is 9.78. The summed E-state index contributed by atoms with van der Waals surface area (Å²) in [7, 11) is 0. The van der Waals surface area contributed by atoms with Crippen LogP contribution in [0.2, 0.25) is 5.02 Å². The number of anilines is 1. The number of nitrogens with zero attached hydrogens (tertiary/aromatic N) is 1. The Morgan fingerprint density at radius 1 is 1.15 bits per heavy atom. The molecule has 1 aromatic carbocycles. The summed E-state index contributed by atoms with van der Waals surface area (Å²) in [6.45, 7) is 4.60. The van der Waals surface area contributed by atoms with Crippen LogP contribution in [0, 0.1) is 5.92 Å². The summed E-state index contributed by atoms with van der Waals surface area (Å²) in [6, 6.07) is 5.24. The van der Waals surface area contributed by atoms with Gasteiger partial charge in [-0.1, -0.05) is 24.4 Å². The van der Waals surface area contributed by atoms with Crippen LogP contribution >= 0.6 is 11.6 Å². The van der Waals surface area contributed by atoms with Crippen molar-refractivity contribution in [2.75, 3.05) is 11.9 Å². The highest BCUT2D eigenvalue weighted by Crippen LogP contribution is 2.36. The van der Waals surface area contributed by atoms with Gasteiger partial charge in [-0.05, 0) is 63.6 Å². The second-order valence-electron chi connectivity index (χ2n) is 7.70. The van der Waals surface area contributed by atoms with Crippen molar-refractivity contribution >= 4 is 29.2 Å². The van der Waals surface area contributed by atoms with Crippen LogP contribution < -0.4 is 10.6 Å². The lowest BCUT2D eigenvalue weighted by Gasteiger charge is -2.44. The molecule has 142 valence electrons. The minimum atomic E-state index is -0.281. The van der Waals surface area contributed by atoms with E-state index >= 15 is 0 Å². The van der Waals surface area contributed by atoms with Gasteiger partial charge in [0.05, 0.1) is 10.6 Å². The summed E-state index contributed by atoms with van der Waals surface area (Å²) >= 11 is 6.39. The Labute approximate surface area is 160 Å². The second-order valence-corrected chi connectivity index (χ2v) is 8.11. The van der Waals surface area contributed by atoms with E-state index < -0.39 is 0 Å². The highest BCUT2D eigenvalue weighted by molar-refractivity contribution is 6.34. The maximum absolute atomic E-state index is 13.1. The molecule has 0 bridgehead atoms. The summed E-state index contributed by atoms with van der Waals surface area (Å²) < 4.78 is 0. The molecule has 2 aliphatic rings. The maximum atomic E-state index is 13.1. The summed E-state index contributed by atoms with van der Waals surface area (Å²) in [5.74, 6) is 0.658. The van der Waals surface area contributed by atoms with Gasteiger partial charge in [-0.15, -0.1) is 0 Å². The summed E-state index contributed by atoms with van der Waals surface area (Å²) in [5, 5.41) is 5.89. The smallest absolute Gasteiger partial charge is 0.319 e. The number of likely N-dealkylation sites (tertiary alicyclic amines) is 1. The topological polar surface area (TPSA) is 61.4 Å². The quantitative estimate of drug-likeness (QED) is 0.804. The molecule has 0 radical (unpaired) electrons. The van der Waals surface area contributed by atoms with Crippen LogP contribution in [0.1, 0.15) is 62.7 Å². The third kappa shape index (κ3) is 4.32. The van der Waals surface area contributed by atoms with Crippen molar-refractivity contribution in [2.24, 2.45) is 5.92 Å². The highest BCUT2D eigenvalue weighted by atomic mass is 35.5. The average Bonchev–Trinajstić information content (AvgIpc) is 2.60. The van der Waals surface area contributed by atoms with E-state index in [4.69, 9.17) is 11.6 Å². The molecule has 1 aromatic rings. The Hall–Kier alpha value is -1.75. The van der Waals surface area contributed by atoms with Crippen LogP contribution in [-0.2, 0) is 0 Å². The van der Waals surface area contributed by atoms with Crippen LogP contribution in [0.5, 0.6) is 0 Å². The molecule has 0 spiro atoms. The first-order valence-electron chi connectivity index (χ1n) is 9.63. The Kier molecular flexibility index (Phi) is 6.07. The van der Waals surface area contributed by atoms with Crippen molar-refractivity contribution in [1.82, 2.24) is 10.2 Å². The lowest BCUT2D eigenvalue weighted by molar-refractivity contribution is 0.0391. The molecule has 1 aliphatic heterocycles. The molecular formula is C20H28ClN3O2. The molecule has 0 unspecified atom stereocenters. The SMILES string of the molecule is CC(C)NC(=O)Nc1ccc(C(=O)N2CCC[C@H]3CCCC[C@H]32)c(Cl)c1. The number of rotatable bonds is 3. The largest absolute Gasteiger partial charge is 0.336 e. The monoisotopic (exact) mass is 377 g/mol. The molecule has 3 amide bonds. The molecule has 1 aliphatic carbocycles. The molecule has 0 aromatic heterocycles. The summed E-state index contributed by atoms with van der Waals surface area (Å²) in [6.07, 6.45) is 7.11. The number of nitrogens with one attached hydrogen (secondary N) is 2. The zero-order valence-electron chi connectivity index (χ0n) is 15.6. The highest BCUT2D eigenvalue weighted by Gasteiger charge is 2.36. The minimum Gasteiger partial charge on any atom is -0.336 e. The molecular weight excluding hydrogens is 350 g/mol. The minimum absolute atomic E-state index is 0.0183. The number of fused-ring (bicyclic) bond motifs is 1. The van der Waals surface area contributed by atoms with E-state index in [1.54, 1.807) is 18.2 Å². The number of amides is 3. The van der Waals surface area contributed by atoms with Crippen molar-refractivity contribution in [3.05, 3.63) is 28.8 Å². The van der Waals surface area contributed by atoms with Crippen LogP contribution in [-0.4, -0.2) is 35.5 Å². The van der Waals surface area contributed by atoms with Gasteiger partial charge in [0.1, 0.15) is 0 Å². The van der Waals surface area contributed by atoms with Crippen molar-refractivity contribution in [1.29, 1.82) is 0 Å². The summed E-state index contributed by atoms with van der Waals surface area (Å²) in [4.78, 5) is 26.9. The zero-order chi connectivity index (χ0) is 18.7. The first kappa shape index (κ1) is 19.0. The number of hydrogen-bond acceptors (Lipinski definition) is 2. The van der Waals surface area contributed by atoms with E-state index in [0.717, 1.165) is 19.4 Å². The van der Waals surface area contributed by atoms with Gasteiger partial charge in [-0.25, -0.2) is 4.79 Å². The Morgan fingerprint density at radius 2 is 1.88 bits per heavy atom. The van der Waals surface area contributed by atoms with E-state index in [9.17, 15) is 9.59 Å². The van der Waals surface area contributed by atoms with Crippen LogP contribution in [0.15, 0.2) is 18.2 Å². The predicted octanol–water partition coefficient (Wildman–Crippen LogP) is 4.66. The van der Waals surface area contributed by atoms with Gasteiger partial charge in [0, 0.05) is 24.3 Å². The normalized spacial score (nSPS) is 22.7. The van der Waals surface area contributed by atoms with Crippen LogP contribution in [0.25, 0.3) is 0 Å². The molecule has 2 atom stereocenters. The fourth-order valence-corrected chi connectivity index (χ4v) is 4.49. The van der Waals surface area contributed by atoms with Crippen LogP contribution in [0.4, 0.5) is 10.5 Å². The first-order chi connectivity index (χ1) is 12.5. The molecule has 2 fully saturated rings. The number of carbonyl (C=O) groups is 2. The third-order valence-corrected chi connectivity index (χ3v) is 5.69. The van der Waals surface area contributed by atoms with E-state index in [2.05, 4.69) is 10.6 Å². The fourth-order valence-electron chi connectivity index (χ4n) is 4.23. The number of piperidine rings is 1. The van der Waals surface area contributed by atoms with Crippen molar-refractivity contribution in [3.8, 4) is 0 Å². The maximum Gasteiger partial charge on any atom is 0.319 e. The van der Waals surface area contributed by atoms with E-state index in [-0.39, 0.29) is 18.0 Å². The van der Waals surface area contributed by atoms with Gasteiger partial charge in [-0.3, -0.25) is 4.79 Å².